The maximum Gasteiger partial charge on any atom is 0.287 e. The molecule has 0 bridgehead atoms. The van der Waals surface area contributed by atoms with Crippen LogP contribution < -0.4 is 5.32 Å². The first-order valence-corrected chi connectivity index (χ1v) is 8.11. The van der Waals surface area contributed by atoms with Crippen molar-refractivity contribution >= 4 is 17.7 Å². The molecule has 1 aromatic rings. The lowest BCUT2D eigenvalue weighted by atomic mass is 9.85. The third kappa shape index (κ3) is 4.01. The average molecular weight is 283 g/mol. The molecule has 1 amide bonds. The van der Waals surface area contributed by atoms with Gasteiger partial charge in [0.25, 0.3) is 5.91 Å². The molecular formula is C14H21NO3S. The molecule has 0 aromatic carbocycles. The van der Waals surface area contributed by atoms with Crippen LogP contribution in [0.25, 0.3) is 0 Å². The van der Waals surface area contributed by atoms with Gasteiger partial charge in [-0.3, -0.25) is 4.79 Å². The summed E-state index contributed by atoms with van der Waals surface area (Å²) in [5.74, 6) is 1.64. The number of hydrogen-bond donors (Lipinski definition) is 2. The van der Waals surface area contributed by atoms with E-state index in [4.69, 9.17) is 4.42 Å². The van der Waals surface area contributed by atoms with Gasteiger partial charge >= 0.3 is 0 Å². The van der Waals surface area contributed by atoms with Crippen LogP contribution in [0.3, 0.4) is 0 Å². The number of rotatable bonds is 5. The van der Waals surface area contributed by atoms with Crippen molar-refractivity contribution < 1.29 is 14.3 Å². The summed E-state index contributed by atoms with van der Waals surface area (Å²) in [6.45, 7) is 0.310. The lowest BCUT2D eigenvalue weighted by molar-refractivity contribution is 0.00502. The lowest BCUT2D eigenvalue weighted by Crippen LogP contribution is -2.44. The third-order valence-corrected chi connectivity index (χ3v) is 4.11. The summed E-state index contributed by atoms with van der Waals surface area (Å²) in [6, 6.07) is 3.51. The number of carbonyl (C=O) groups is 1. The Morgan fingerprint density at radius 3 is 2.84 bits per heavy atom. The molecular weight excluding hydrogens is 262 g/mol. The molecule has 0 spiro atoms. The molecule has 4 nitrogen and oxygen atoms in total. The second-order valence-corrected chi connectivity index (χ2v) is 6.03. The monoisotopic (exact) mass is 283 g/mol. The standard InChI is InChI=1S/C14H21NO3S/c1-19-9-11-5-6-12(18-11)13(16)15-10-14(17)7-3-2-4-8-14/h5-6,17H,2-4,7-10H2,1H3,(H,15,16). The van der Waals surface area contributed by atoms with Crippen LogP contribution in [0.2, 0.25) is 0 Å². The van der Waals surface area contributed by atoms with Crippen LogP contribution >= 0.6 is 11.8 Å². The molecule has 2 N–H and O–H groups in total. The van der Waals surface area contributed by atoms with Gasteiger partial charge in [-0.25, -0.2) is 0 Å². The zero-order valence-corrected chi connectivity index (χ0v) is 12.1. The van der Waals surface area contributed by atoms with Gasteiger partial charge in [-0.05, 0) is 31.2 Å². The second kappa shape index (κ2) is 6.48. The smallest absolute Gasteiger partial charge is 0.287 e. The largest absolute Gasteiger partial charge is 0.455 e. The zero-order valence-electron chi connectivity index (χ0n) is 11.3. The van der Waals surface area contributed by atoms with Gasteiger partial charge in [-0.1, -0.05) is 19.3 Å². The Kier molecular flexibility index (Phi) is 4.93. The topological polar surface area (TPSA) is 62.5 Å². The van der Waals surface area contributed by atoms with Gasteiger partial charge in [-0.15, -0.1) is 0 Å². The Hall–Kier alpha value is -0.940. The Bertz CT molecular complexity index is 424. The molecule has 1 aliphatic carbocycles. The average Bonchev–Trinajstić information content (AvgIpc) is 2.86. The minimum absolute atomic E-state index is 0.244. The highest BCUT2D eigenvalue weighted by Crippen LogP contribution is 2.27. The first-order chi connectivity index (χ1) is 9.13. The predicted molar refractivity (Wildman–Crippen MR) is 76.3 cm³/mol. The van der Waals surface area contributed by atoms with Gasteiger partial charge in [0.05, 0.1) is 11.4 Å². The summed E-state index contributed by atoms with van der Waals surface area (Å²) in [4.78, 5) is 11.9. The second-order valence-electron chi connectivity index (χ2n) is 5.17. The maximum absolute atomic E-state index is 11.9. The first kappa shape index (κ1) is 14.5. The van der Waals surface area contributed by atoms with Gasteiger partial charge in [-0.2, -0.15) is 11.8 Å². The predicted octanol–water partition coefficient (Wildman–Crippen LogP) is 2.57. The van der Waals surface area contributed by atoms with Crippen LogP contribution in [0.5, 0.6) is 0 Å². The molecule has 1 fully saturated rings. The van der Waals surface area contributed by atoms with E-state index in [0.717, 1.165) is 37.2 Å². The molecule has 19 heavy (non-hydrogen) atoms. The minimum Gasteiger partial charge on any atom is -0.455 e. The molecule has 5 heteroatoms. The van der Waals surface area contributed by atoms with E-state index < -0.39 is 5.60 Å². The number of nitrogens with one attached hydrogen (secondary N) is 1. The Balaban J connectivity index is 1.86. The first-order valence-electron chi connectivity index (χ1n) is 6.71. The van der Waals surface area contributed by atoms with E-state index in [1.807, 2.05) is 12.3 Å². The molecule has 2 rings (SSSR count). The SMILES string of the molecule is CSCc1ccc(C(=O)NCC2(O)CCCCC2)o1. The van der Waals surface area contributed by atoms with Crippen LogP contribution in [0.4, 0.5) is 0 Å². The number of hydrogen-bond acceptors (Lipinski definition) is 4. The van der Waals surface area contributed by atoms with Crippen LogP contribution in [0, 0.1) is 0 Å². The van der Waals surface area contributed by atoms with Gasteiger partial charge in [0.15, 0.2) is 5.76 Å². The zero-order chi connectivity index (χ0) is 13.7. The van der Waals surface area contributed by atoms with Gasteiger partial charge in [0.2, 0.25) is 0 Å². The van der Waals surface area contributed by atoms with Crippen LogP contribution in [-0.4, -0.2) is 29.4 Å². The molecule has 1 heterocycles. The van der Waals surface area contributed by atoms with E-state index in [9.17, 15) is 9.90 Å². The molecule has 0 radical (unpaired) electrons. The highest BCUT2D eigenvalue weighted by atomic mass is 32.2. The van der Waals surface area contributed by atoms with Crippen molar-refractivity contribution in [1.29, 1.82) is 0 Å². The summed E-state index contributed by atoms with van der Waals surface area (Å²) in [7, 11) is 0. The van der Waals surface area contributed by atoms with Crippen molar-refractivity contribution in [3.05, 3.63) is 23.7 Å². The number of amides is 1. The number of thioether (sulfide) groups is 1. The van der Waals surface area contributed by atoms with Gasteiger partial charge in [0.1, 0.15) is 5.76 Å². The fourth-order valence-corrected chi connectivity index (χ4v) is 2.88. The van der Waals surface area contributed by atoms with E-state index in [2.05, 4.69) is 5.32 Å². The van der Waals surface area contributed by atoms with Crippen molar-refractivity contribution in [2.75, 3.05) is 12.8 Å². The molecule has 106 valence electrons. The van der Waals surface area contributed by atoms with E-state index in [-0.39, 0.29) is 5.91 Å². The van der Waals surface area contributed by atoms with Crippen molar-refractivity contribution in [2.24, 2.45) is 0 Å². The summed E-state index contributed by atoms with van der Waals surface area (Å²) in [6.07, 6.45) is 6.76. The molecule has 0 aliphatic heterocycles. The molecule has 1 aliphatic rings. The van der Waals surface area contributed by atoms with Crippen LogP contribution in [0.15, 0.2) is 16.5 Å². The van der Waals surface area contributed by atoms with Gasteiger partial charge in [0, 0.05) is 6.54 Å². The Morgan fingerprint density at radius 2 is 2.16 bits per heavy atom. The highest BCUT2D eigenvalue weighted by molar-refractivity contribution is 7.97. The minimum atomic E-state index is -0.734. The molecule has 1 aromatic heterocycles. The van der Waals surface area contributed by atoms with Crippen LogP contribution in [0.1, 0.15) is 48.4 Å². The van der Waals surface area contributed by atoms with Crippen molar-refractivity contribution in [2.45, 2.75) is 43.5 Å². The summed E-state index contributed by atoms with van der Waals surface area (Å²) in [5.41, 5.74) is -0.734. The molecule has 0 saturated heterocycles. The summed E-state index contributed by atoms with van der Waals surface area (Å²) >= 11 is 1.65. The van der Waals surface area contributed by atoms with Gasteiger partial charge < -0.3 is 14.8 Å². The fourth-order valence-electron chi connectivity index (χ4n) is 2.44. The number of furan rings is 1. The quantitative estimate of drug-likeness (QED) is 0.872. The summed E-state index contributed by atoms with van der Waals surface area (Å²) in [5, 5.41) is 13.1. The summed E-state index contributed by atoms with van der Waals surface area (Å²) < 4.78 is 5.44. The normalized spacial score (nSPS) is 18.2. The third-order valence-electron chi connectivity index (χ3n) is 3.53. The van der Waals surface area contributed by atoms with Crippen molar-refractivity contribution in [1.82, 2.24) is 5.32 Å². The van der Waals surface area contributed by atoms with Crippen molar-refractivity contribution in [3.63, 3.8) is 0 Å². The van der Waals surface area contributed by atoms with E-state index in [1.54, 1.807) is 17.8 Å². The van der Waals surface area contributed by atoms with Crippen LogP contribution in [-0.2, 0) is 5.75 Å². The van der Waals surface area contributed by atoms with Crippen molar-refractivity contribution in [3.8, 4) is 0 Å². The number of aliphatic hydroxyl groups is 1. The lowest BCUT2D eigenvalue weighted by Gasteiger charge is -2.31. The van der Waals surface area contributed by atoms with E-state index >= 15 is 0 Å². The fraction of sp³-hybridized carbons (Fsp3) is 0.643. The van der Waals surface area contributed by atoms with E-state index in [1.165, 1.54) is 6.42 Å². The van der Waals surface area contributed by atoms with E-state index in [0.29, 0.717) is 12.3 Å². The molecule has 1 saturated carbocycles. The Labute approximate surface area is 117 Å². The molecule has 0 unspecified atom stereocenters. The maximum atomic E-state index is 11.9. The number of carbonyl (C=O) groups excluding carboxylic acids is 1. The Morgan fingerprint density at radius 1 is 1.42 bits per heavy atom. The highest BCUT2D eigenvalue weighted by Gasteiger charge is 2.29. The molecule has 0 atom stereocenters.